The number of carbonyl (C=O) groups excluding carboxylic acids is 1. The minimum absolute atomic E-state index is 0.0679. The number of amides is 1. The number of hydrogen-bond acceptors (Lipinski definition) is 4. The molecule has 6 nitrogen and oxygen atoms in total. The second-order valence-electron chi connectivity index (χ2n) is 6.75. The van der Waals surface area contributed by atoms with E-state index in [1.54, 1.807) is 13.2 Å². The molecule has 2 N–H and O–H groups in total. The highest BCUT2D eigenvalue weighted by Crippen LogP contribution is 2.46. The number of carbonyl (C=O) groups is 1. The van der Waals surface area contributed by atoms with Crippen molar-refractivity contribution >= 4 is 11.9 Å². The highest BCUT2D eigenvalue weighted by atomic mass is 16.2. The van der Waals surface area contributed by atoms with E-state index in [0.29, 0.717) is 5.92 Å². The molecule has 2 unspecified atom stereocenters. The molecule has 1 amide bonds. The number of aromatic nitrogens is 2. The standard InChI is InChI=1S/C18H21N5O/c1-11-4-3-5-14(8-11)23-10-13(9-20-23)16-15(12-6-7-12)17(24)22(2)18(19)21-16/h3-5,8-10,12,15-16H,6-7H2,1-2H3,(H2,19,21). The van der Waals surface area contributed by atoms with Crippen LogP contribution in [-0.2, 0) is 4.79 Å². The van der Waals surface area contributed by atoms with Gasteiger partial charge in [0.2, 0.25) is 5.91 Å². The molecule has 1 saturated carbocycles. The summed E-state index contributed by atoms with van der Waals surface area (Å²) in [6.07, 6.45) is 5.94. The molecule has 2 heterocycles. The summed E-state index contributed by atoms with van der Waals surface area (Å²) >= 11 is 0. The number of nitrogens with zero attached hydrogens (tertiary/aromatic N) is 4. The zero-order chi connectivity index (χ0) is 16.8. The lowest BCUT2D eigenvalue weighted by molar-refractivity contribution is -0.133. The minimum atomic E-state index is -0.236. The third-order valence-corrected chi connectivity index (χ3v) is 4.91. The third kappa shape index (κ3) is 2.48. The maximum Gasteiger partial charge on any atom is 0.234 e. The molecule has 0 spiro atoms. The van der Waals surface area contributed by atoms with Crippen LogP contribution in [0.4, 0.5) is 0 Å². The molecule has 124 valence electrons. The summed E-state index contributed by atoms with van der Waals surface area (Å²) in [6.45, 7) is 2.05. The van der Waals surface area contributed by atoms with Crippen LogP contribution >= 0.6 is 0 Å². The first-order valence-electron chi connectivity index (χ1n) is 8.27. The van der Waals surface area contributed by atoms with Gasteiger partial charge in [0.05, 0.1) is 23.8 Å². The topological polar surface area (TPSA) is 76.5 Å². The largest absolute Gasteiger partial charge is 0.369 e. The van der Waals surface area contributed by atoms with Gasteiger partial charge >= 0.3 is 0 Å². The van der Waals surface area contributed by atoms with Gasteiger partial charge in [-0.3, -0.25) is 9.69 Å². The van der Waals surface area contributed by atoms with E-state index >= 15 is 0 Å². The number of aryl methyl sites for hydroxylation is 1. The van der Waals surface area contributed by atoms with Gasteiger partial charge in [-0.1, -0.05) is 12.1 Å². The van der Waals surface area contributed by atoms with Crippen LogP contribution in [0.25, 0.3) is 5.69 Å². The smallest absolute Gasteiger partial charge is 0.234 e. The number of rotatable bonds is 3. The van der Waals surface area contributed by atoms with Gasteiger partial charge in [0.1, 0.15) is 0 Å². The average Bonchev–Trinajstić information content (AvgIpc) is 3.27. The van der Waals surface area contributed by atoms with Crippen LogP contribution in [0.3, 0.4) is 0 Å². The highest BCUT2D eigenvalue weighted by Gasteiger charge is 2.46. The van der Waals surface area contributed by atoms with Crippen LogP contribution < -0.4 is 5.73 Å². The summed E-state index contributed by atoms with van der Waals surface area (Å²) in [5.41, 5.74) is 9.07. The van der Waals surface area contributed by atoms with Gasteiger partial charge in [0.25, 0.3) is 0 Å². The first kappa shape index (κ1) is 14.9. The first-order valence-corrected chi connectivity index (χ1v) is 8.27. The molecule has 2 aromatic rings. The summed E-state index contributed by atoms with van der Waals surface area (Å²) in [5.74, 6) is 0.630. The van der Waals surface area contributed by atoms with Crippen molar-refractivity contribution in [2.75, 3.05) is 7.05 Å². The molecular formula is C18H21N5O. The quantitative estimate of drug-likeness (QED) is 0.939. The maximum absolute atomic E-state index is 12.7. The van der Waals surface area contributed by atoms with Gasteiger partial charge in [-0.15, -0.1) is 0 Å². The number of benzene rings is 1. The Bertz CT molecular complexity index is 820. The fraction of sp³-hybridized carbons (Fsp3) is 0.389. The lowest BCUT2D eigenvalue weighted by Crippen LogP contribution is -2.48. The van der Waals surface area contributed by atoms with Crippen molar-refractivity contribution in [2.24, 2.45) is 22.6 Å². The molecule has 1 aliphatic heterocycles. The molecular weight excluding hydrogens is 302 g/mol. The molecule has 2 aliphatic rings. The number of aliphatic imine (C=N–C) groups is 1. The van der Waals surface area contributed by atoms with Crippen molar-refractivity contribution in [3.8, 4) is 5.69 Å². The molecule has 4 rings (SSSR count). The minimum Gasteiger partial charge on any atom is -0.369 e. The van der Waals surface area contributed by atoms with Gasteiger partial charge in [0, 0.05) is 18.8 Å². The van der Waals surface area contributed by atoms with E-state index in [1.165, 1.54) is 10.5 Å². The van der Waals surface area contributed by atoms with E-state index in [4.69, 9.17) is 5.73 Å². The molecule has 0 saturated heterocycles. The van der Waals surface area contributed by atoms with Crippen LogP contribution in [0.5, 0.6) is 0 Å². The Kier molecular flexibility index (Phi) is 3.40. The Morgan fingerprint density at radius 1 is 1.29 bits per heavy atom. The molecule has 24 heavy (non-hydrogen) atoms. The Labute approximate surface area is 141 Å². The Morgan fingerprint density at radius 2 is 2.08 bits per heavy atom. The van der Waals surface area contributed by atoms with Gasteiger partial charge in [0.15, 0.2) is 5.96 Å². The van der Waals surface area contributed by atoms with Crippen LogP contribution in [-0.4, -0.2) is 33.6 Å². The first-order chi connectivity index (χ1) is 11.5. The fourth-order valence-corrected chi connectivity index (χ4v) is 3.38. The van der Waals surface area contributed by atoms with Gasteiger partial charge in [-0.25, -0.2) is 9.67 Å². The lowest BCUT2D eigenvalue weighted by atomic mass is 9.88. The molecule has 2 atom stereocenters. The molecule has 1 aliphatic carbocycles. The number of guanidine groups is 1. The van der Waals surface area contributed by atoms with Crippen molar-refractivity contribution in [1.82, 2.24) is 14.7 Å². The summed E-state index contributed by atoms with van der Waals surface area (Å²) in [6, 6.07) is 7.91. The van der Waals surface area contributed by atoms with Crippen LogP contribution in [0.15, 0.2) is 41.7 Å². The Morgan fingerprint density at radius 3 is 2.79 bits per heavy atom. The Balaban J connectivity index is 1.71. The van der Waals surface area contributed by atoms with Crippen molar-refractivity contribution in [3.05, 3.63) is 47.8 Å². The highest BCUT2D eigenvalue weighted by molar-refractivity contribution is 5.99. The number of hydrogen-bond donors (Lipinski definition) is 1. The normalized spacial score (nSPS) is 24.2. The fourth-order valence-electron chi connectivity index (χ4n) is 3.38. The molecule has 0 bridgehead atoms. The van der Waals surface area contributed by atoms with Gasteiger partial charge in [-0.2, -0.15) is 5.10 Å². The summed E-state index contributed by atoms with van der Waals surface area (Å²) in [7, 11) is 1.70. The average molecular weight is 323 g/mol. The van der Waals surface area contributed by atoms with Gasteiger partial charge in [-0.05, 0) is 43.4 Å². The van der Waals surface area contributed by atoms with Crippen molar-refractivity contribution in [1.29, 1.82) is 0 Å². The predicted octanol–water partition coefficient (Wildman–Crippen LogP) is 2.03. The second-order valence-corrected chi connectivity index (χ2v) is 6.75. The maximum atomic E-state index is 12.7. The molecule has 6 heteroatoms. The van der Waals surface area contributed by atoms with E-state index in [2.05, 4.69) is 29.1 Å². The molecule has 1 aromatic heterocycles. The monoisotopic (exact) mass is 323 g/mol. The van der Waals surface area contributed by atoms with E-state index in [0.717, 1.165) is 24.1 Å². The zero-order valence-electron chi connectivity index (χ0n) is 13.9. The zero-order valence-corrected chi connectivity index (χ0v) is 13.9. The van der Waals surface area contributed by atoms with Crippen molar-refractivity contribution in [3.63, 3.8) is 0 Å². The molecule has 1 fully saturated rings. The summed E-state index contributed by atoms with van der Waals surface area (Å²) < 4.78 is 1.83. The Hall–Kier alpha value is -2.63. The van der Waals surface area contributed by atoms with Crippen LogP contribution in [0.1, 0.15) is 30.0 Å². The van der Waals surface area contributed by atoms with Crippen molar-refractivity contribution < 1.29 is 4.79 Å². The molecule has 0 radical (unpaired) electrons. The van der Waals surface area contributed by atoms with Crippen LogP contribution in [0.2, 0.25) is 0 Å². The summed E-state index contributed by atoms with van der Waals surface area (Å²) in [5, 5.41) is 4.47. The van der Waals surface area contributed by atoms with E-state index < -0.39 is 0 Å². The van der Waals surface area contributed by atoms with E-state index in [-0.39, 0.29) is 23.8 Å². The predicted molar refractivity (Wildman–Crippen MR) is 91.6 cm³/mol. The van der Waals surface area contributed by atoms with E-state index in [1.807, 2.05) is 23.0 Å². The van der Waals surface area contributed by atoms with Crippen molar-refractivity contribution in [2.45, 2.75) is 25.8 Å². The lowest BCUT2D eigenvalue weighted by Gasteiger charge is -2.32. The summed E-state index contributed by atoms with van der Waals surface area (Å²) in [4.78, 5) is 18.7. The van der Waals surface area contributed by atoms with Crippen LogP contribution in [0, 0.1) is 18.8 Å². The van der Waals surface area contributed by atoms with E-state index in [9.17, 15) is 4.79 Å². The molecule has 1 aromatic carbocycles. The SMILES string of the molecule is Cc1cccc(-n2cc(C3N=C(N)N(C)C(=O)C3C3CC3)cn2)c1. The third-order valence-electron chi connectivity index (χ3n) is 4.91. The second kappa shape index (κ2) is 5.47. The van der Waals surface area contributed by atoms with Gasteiger partial charge < -0.3 is 5.73 Å². The number of nitrogens with two attached hydrogens (primary N) is 1.